The lowest BCUT2D eigenvalue weighted by atomic mass is 9.98. The van der Waals surface area contributed by atoms with Crippen LogP contribution in [0.4, 0.5) is 0 Å². The predicted octanol–water partition coefficient (Wildman–Crippen LogP) is 4.44. The minimum atomic E-state index is -0.352. The largest absolute Gasteiger partial charge is 0.459 e. The fourth-order valence-electron chi connectivity index (χ4n) is 2.90. The zero-order valence-corrected chi connectivity index (χ0v) is 14.0. The molecule has 0 bridgehead atoms. The molecule has 3 rings (SSSR count). The second-order valence-electron chi connectivity index (χ2n) is 5.63. The van der Waals surface area contributed by atoms with Crippen molar-refractivity contribution in [3.05, 3.63) is 34.4 Å². The summed E-state index contributed by atoms with van der Waals surface area (Å²) >= 11 is 3.46. The number of rotatable bonds is 5. The van der Waals surface area contributed by atoms with Gasteiger partial charge in [-0.2, -0.15) is 0 Å². The Morgan fingerprint density at radius 1 is 1.18 bits per heavy atom. The Kier molecular flexibility index (Phi) is 5.16. The number of nitrogens with one attached hydrogen (secondary N) is 1. The zero-order valence-electron chi connectivity index (χ0n) is 12.4. The third kappa shape index (κ3) is 3.52. The maximum Gasteiger partial charge on any atom is 0.356 e. The van der Waals surface area contributed by atoms with E-state index in [0.29, 0.717) is 18.4 Å². The van der Waals surface area contributed by atoms with Crippen LogP contribution in [0.3, 0.4) is 0 Å². The first kappa shape index (κ1) is 15.6. The average molecular weight is 366 g/mol. The van der Waals surface area contributed by atoms with Crippen molar-refractivity contribution in [3.63, 3.8) is 0 Å². The standard InChI is InChI=1S/C17H20BrNO3/c18-15-13-8-4-5-9-14(13)19-16(15)17(20)22-11-10-21-12-6-2-1-3-7-12/h4-5,8-9,12,19H,1-3,6-7,10-11H2. The van der Waals surface area contributed by atoms with Crippen LogP contribution in [0.5, 0.6) is 0 Å². The van der Waals surface area contributed by atoms with Crippen LogP contribution in [0.25, 0.3) is 10.9 Å². The second kappa shape index (κ2) is 7.29. The highest BCUT2D eigenvalue weighted by atomic mass is 79.9. The van der Waals surface area contributed by atoms with E-state index in [-0.39, 0.29) is 12.6 Å². The molecular formula is C17H20BrNO3. The fourth-order valence-corrected chi connectivity index (χ4v) is 3.51. The number of H-pyrrole nitrogens is 1. The lowest BCUT2D eigenvalue weighted by Gasteiger charge is -2.21. The first-order chi connectivity index (χ1) is 10.8. The molecule has 0 radical (unpaired) electrons. The second-order valence-corrected chi connectivity index (χ2v) is 6.42. The van der Waals surface area contributed by atoms with E-state index in [4.69, 9.17) is 9.47 Å². The van der Waals surface area contributed by atoms with Crippen LogP contribution >= 0.6 is 15.9 Å². The van der Waals surface area contributed by atoms with Gasteiger partial charge in [0.05, 0.1) is 17.2 Å². The number of hydrogen-bond acceptors (Lipinski definition) is 3. The molecule has 1 aliphatic rings. The third-order valence-electron chi connectivity index (χ3n) is 4.07. The van der Waals surface area contributed by atoms with E-state index >= 15 is 0 Å². The maximum absolute atomic E-state index is 12.1. The lowest BCUT2D eigenvalue weighted by molar-refractivity contribution is -0.00529. The first-order valence-corrected chi connectivity index (χ1v) is 8.60. The number of esters is 1. The van der Waals surface area contributed by atoms with Gasteiger partial charge < -0.3 is 14.5 Å². The minimum absolute atomic E-state index is 0.289. The molecule has 118 valence electrons. The Hall–Kier alpha value is -1.33. The Bertz CT molecular complexity index is 646. The van der Waals surface area contributed by atoms with Gasteiger partial charge in [0.2, 0.25) is 0 Å². The molecule has 0 atom stereocenters. The summed E-state index contributed by atoms with van der Waals surface area (Å²) < 4.78 is 11.8. The van der Waals surface area contributed by atoms with Crippen LogP contribution in [0, 0.1) is 0 Å². The van der Waals surface area contributed by atoms with E-state index in [1.54, 1.807) is 0 Å². The number of ether oxygens (including phenoxy) is 2. The summed E-state index contributed by atoms with van der Waals surface area (Å²) in [6.45, 7) is 0.755. The number of benzene rings is 1. The van der Waals surface area contributed by atoms with Gasteiger partial charge >= 0.3 is 5.97 Å². The van der Waals surface area contributed by atoms with Crippen molar-refractivity contribution in [1.29, 1.82) is 0 Å². The molecule has 0 amide bonds. The van der Waals surface area contributed by atoms with Crippen LogP contribution in [0.15, 0.2) is 28.7 Å². The first-order valence-electron chi connectivity index (χ1n) is 7.80. The Balaban J connectivity index is 1.51. The third-order valence-corrected chi connectivity index (χ3v) is 4.89. The molecule has 0 unspecified atom stereocenters. The molecule has 22 heavy (non-hydrogen) atoms. The van der Waals surface area contributed by atoms with Crippen molar-refractivity contribution in [2.75, 3.05) is 13.2 Å². The van der Waals surface area contributed by atoms with Gasteiger partial charge in [-0.05, 0) is 34.8 Å². The molecule has 1 saturated carbocycles. The highest BCUT2D eigenvalue weighted by Gasteiger charge is 2.18. The summed E-state index contributed by atoms with van der Waals surface area (Å²) in [4.78, 5) is 15.2. The molecule has 1 aromatic heterocycles. The number of aromatic nitrogens is 1. The van der Waals surface area contributed by atoms with E-state index in [9.17, 15) is 4.79 Å². The number of fused-ring (bicyclic) bond motifs is 1. The average Bonchev–Trinajstić information content (AvgIpc) is 2.90. The van der Waals surface area contributed by atoms with E-state index in [2.05, 4.69) is 20.9 Å². The van der Waals surface area contributed by atoms with E-state index in [0.717, 1.165) is 28.2 Å². The number of hydrogen-bond donors (Lipinski definition) is 1. The van der Waals surface area contributed by atoms with Crippen LogP contribution in [0.2, 0.25) is 0 Å². The number of carbonyl (C=O) groups excluding carboxylic acids is 1. The Labute approximate surface area is 138 Å². The lowest BCUT2D eigenvalue weighted by Crippen LogP contribution is -2.20. The number of aromatic amines is 1. The monoisotopic (exact) mass is 365 g/mol. The summed E-state index contributed by atoms with van der Waals surface area (Å²) in [5.74, 6) is -0.352. The highest BCUT2D eigenvalue weighted by Crippen LogP contribution is 2.28. The smallest absolute Gasteiger partial charge is 0.356 e. The van der Waals surface area contributed by atoms with Crippen molar-refractivity contribution < 1.29 is 14.3 Å². The Morgan fingerprint density at radius 3 is 2.73 bits per heavy atom. The maximum atomic E-state index is 12.1. The van der Waals surface area contributed by atoms with Crippen LogP contribution in [-0.2, 0) is 9.47 Å². The van der Waals surface area contributed by atoms with Gasteiger partial charge in [0.15, 0.2) is 0 Å². The Morgan fingerprint density at radius 2 is 1.95 bits per heavy atom. The van der Waals surface area contributed by atoms with Gasteiger partial charge in [-0.1, -0.05) is 37.5 Å². The van der Waals surface area contributed by atoms with Crippen molar-refractivity contribution in [2.45, 2.75) is 38.2 Å². The van der Waals surface area contributed by atoms with E-state index in [1.807, 2.05) is 24.3 Å². The van der Waals surface area contributed by atoms with Crippen molar-refractivity contribution in [1.82, 2.24) is 4.98 Å². The minimum Gasteiger partial charge on any atom is -0.459 e. The zero-order chi connectivity index (χ0) is 15.4. The summed E-state index contributed by atoms with van der Waals surface area (Å²) in [5, 5.41) is 0.980. The molecule has 5 heteroatoms. The number of para-hydroxylation sites is 1. The molecule has 1 aromatic carbocycles. The van der Waals surface area contributed by atoms with Gasteiger partial charge in [0.25, 0.3) is 0 Å². The van der Waals surface area contributed by atoms with Crippen LogP contribution < -0.4 is 0 Å². The molecule has 1 heterocycles. The topological polar surface area (TPSA) is 51.3 Å². The molecule has 0 spiro atoms. The summed E-state index contributed by atoms with van der Waals surface area (Å²) in [5.41, 5.74) is 1.37. The molecule has 4 nitrogen and oxygen atoms in total. The quantitative estimate of drug-likeness (QED) is 0.629. The summed E-state index contributed by atoms with van der Waals surface area (Å²) in [7, 11) is 0. The molecule has 1 aliphatic carbocycles. The van der Waals surface area contributed by atoms with Crippen molar-refractivity contribution in [3.8, 4) is 0 Å². The van der Waals surface area contributed by atoms with Crippen LogP contribution in [0.1, 0.15) is 42.6 Å². The van der Waals surface area contributed by atoms with E-state index in [1.165, 1.54) is 19.3 Å². The number of carbonyl (C=O) groups is 1. The highest BCUT2D eigenvalue weighted by molar-refractivity contribution is 9.10. The summed E-state index contributed by atoms with van der Waals surface area (Å²) in [6, 6.07) is 7.76. The van der Waals surface area contributed by atoms with E-state index < -0.39 is 0 Å². The summed E-state index contributed by atoms with van der Waals surface area (Å²) in [6.07, 6.45) is 6.39. The van der Waals surface area contributed by atoms with Gasteiger partial charge in [-0.15, -0.1) is 0 Å². The molecular weight excluding hydrogens is 346 g/mol. The van der Waals surface area contributed by atoms with Gasteiger partial charge in [-0.3, -0.25) is 0 Å². The van der Waals surface area contributed by atoms with Crippen molar-refractivity contribution in [2.24, 2.45) is 0 Å². The van der Waals surface area contributed by atoms with Crippen LogP contribution in [-0.4, -0.2) is 30.3 Å². The normalized spacial score (nSPS) is 16.0. The van der Waals surface area contributed by atoms with Crippen molar-refractivity contribution >= 4 is 32.8 Å². The van der Waals surface area contributed by atoms with Gasteiger partial charge in [-0.25, -0.2) is 4.79 Å². The fraction of sp³-hybridized carbons (Fsp3) is 0.471. The molecule has 1 fully saturated rings. The molecule has 0 aliphatic heterocycles. The van der Waals surface area contributed by atoms with Gasteiger partial charge in [0.1, 0.15) is 12.3 Å². The van der Waals surface area contributed by atoms with Gasteiger partial charge in [0, 0.05) is 10.9 Å². The predicted molar refractivity (Wildman–Crippen MR) is 89.1 cm³/mol. The SMILES string of the molecule is O=C(OCCOC1CCCCC1)c1[nH]c2ccccc2c1Br. The number of halogens is 1. The molecule has 0 saturated heterocycles. The molecule has 2 aromatic rings. The molecule has 1 N–H and O–H groups in total.